The minimum atomic E-state index is -0.586. The summed E-state index contributed by atoms with van der Waals surface area (Å²) in [6, 6.07) is 3.82. The topological polar surface area (TPSA) is 87.8 Å². The van der Waals surface area contributed by atoms with Gasteiger partial charge in [0.25, 0.3) is 17.4 Å². The van der Waals surface area contributed by atoms with Gasteiger partial charge in [-0.1, -0.05) is 17.7 Å². The molecule has 0 bridgehead atoms. The minimum absolute atomic E-state index is 0.00178. The minimum Gasteiger partial charge on any atom is -0.505 e. The number of likely N-dealkylation sites (N-methyl/N-ethyl adjacent to an activating group) is 1. The zero-order valence-corrected chi connectivity index (χ0v) is 19.5. The van der Waals surface area contributed by atoms with Gasteiger partial charge in [-0.2, -0.15) is 0 Å². The van der Waals surface area contributed by atoms with Crippen molar-refractivity contribution in [2.24, 2.45) is 0 Å². The quantitative estimate of drug-likeness (QED) is 0.629. The zero-order chi connectivity index (χ0) is 24.2. The molecule has 1 aliphatic rings. The van der Waals surface area contributed by atoms with Gasteiger partial charge in [-0.15, -0.1) is 0 Å². The Hall–Kier alpha value is -3.33. The SMILES string of the molecule is CCN1C[C@H](C)n2c(c(O)c3c(=O)n(Cc4ccc(F)c(Cl)c4)cc(C(=O)N(C)C)c32)C1=O. The molecule has 33 heavy (non-hydrogen) atoms. The van der Waals surface area contributed by atoms with Crippen LogP contribution in [0.1, 0.15) is 46.3 Å². The van der Waals surface area contributed by atoms with E-state index in [1.165, 1.54) is 33.9 Å². The van der Waals surface area contributed by atoms with Crippen LogP contribution in [0.5, 0.6) is 5.75 Å². The van der Waals surface area contributed by atoms with Crippen molar-refractivity contribution in [2.45, 2.75) is 26.4 Å². The van der Waals surface area contributed by atoms with Crippen LogP contribution in [-0.2, 0) is 6.54 Å². The second-order valence-electron chi connectivity index (χ2n) is 8.41. The van der Waals surface area contributed by atoms with Crippen molar-refractivity contribution < 1.29 is 19.1 Å². The number of pyridine rings is 1. The third-order valence-corrected chi connectivity index (χ3v) is 6.25. The number of hydrogen-bond acceptors (Lipinski definition) is 4. The van der Waals surface area contributed by atoms with Crippen LogP contribution < -0.4 is 5.56 Å². The van der Waals surface area contributed by atoms with Crippen LogP contribution in [0, 0.1) is 5.82 Å². The molecule has 2 amide bonds. The largest absolute Gasteiger partial charge is 0.505 e. The smallest absolute Gasteiger partial charge is 0.274 e. The number of benzene rings is 1. The highest BCUT2D eigenvalue weighted by molar-refractivity contribution is 6.30. The summed E-state index contributed by atoms with van der Waals surface area (Å²) >= 11 is 5.88. The van der Waals surface area contributed by atoms with Gasteiger partial charge >= 0.3 is 0 Å². The number of rotatable bonds is 4. The molecule has 1 atom stereocenters. The van der Waals surface area contributed by atoms with Crippen LogP contribution in [-0.4, -0.2) is 63.0 Å². The van der Waals surface area contributed by atoms with Gasteiger partial charge in [0.2, 0.25) is 0 Å². The molecular weight excluding hydrogens is 451 g/mol. The summed E-state index contributed by atoms with van der Waals surface area (Å²) in [5.41, 5.74) is 0.377. The molecule has 2 aromatic heterocycles. The number of hydrogen-bond donors (Lipinski definition) is 1. The van der Waals surface area contributed by atoms with Crippen LogP contribution in [0.15, 0.2) is 29.2 Å². The average Bonchev–Trinajstić information content (AvgIpc) is 3.09. The summed E-state index contributed by atoms with van der Waals surface area (Å²) < 4.78 is 16.4. The van der Waals surface area contributed by atoms with Crippen molar-refractivity contribution in [1.29, 1.82) is 0 Å². The lowest BCUT2D eigenvalue weighted by Crippen LogP contribution is -2.42. The van der Waals surface area contributed by atoms with E-state index in [4.69, 9.17) is 11.6 Å². The van der Waals surface area contributed by atoms with E-state index in [1.807, 2.05) is 13.8 Å². The van der Waals surface area contributed by atoms with Gasteiger partial charge in [0, 0.05) is 39.4 Å². The number of fused-ring (bicyclic) bond motifs is 3. The lowest BCUT2D eigenvalue weighted by molar-refractivity contribution is 0.0684. The molecule has 0 fully saturated rings. The summed E-state index contributed by atoms with van der Waals surface area (Å²) in [6.45, 7) is 4.53. The van der Waals surface area contributed by atoms with E-state index >= 15 is 0 Å². The first-order chi connectivity index (χ1) is 15.6. The van der Waals surface area contributed by atoms with Gasteiger partial charge < -0.3 is 24.0 Å². The molecular formula is C23H24ClFN4O4. The first-order valence-corrected chi connectivity index (χ1v) is 10.9. The van der Waals surface area contributed by atoms with E-state index in [2.05, 4.69) is 0 Å². The van der Waals surface area contributed by atoms with E-state index in [0.29, 0.717) is 18.7 Å². The van der Waals surface area contributed by atoms with Crippen LogP contribution in [0.4, 0.5) is 4.39 Å². The van der Waals surface area contributed by atoms with E-state index in [0.717, 1.165) is 0 Å². The van der Waals surface area contributed by atoms with E-state index in [9.17, 15) is 23.9 Å². The molecule has 10 heteroatoms. The number of aromatic hydroxyl groups is 1. The number of nitrogens with zero attached hydrogens (tertiary/aromatic N) is 4. The van der Waals surface area contributed by atoms with E-state index in [1.54, 1.807) is 23.6 Å². The molecule has 0 saturated heterocycles. The number of amides is 2. The number of halogens is 2. The molecule has 0 unspecified atom stereocenters. The maximum Gasteiger partial charge on any atom is 0.274 e. The van der Waals surface area contributed by atoms with Crippen LogP contribution in [0.25, 0.3) is 10.9 Å². The Kier molecular flexibility index (Phi) is 5.69. The fourth-order valence-corrected chi connectivity index (χ4v) is 4.57. The molecule has 1 aromatic carbocycles. The summed E-state index contributed by atoms with van der Waals surface area (Å²) in [6.07, 6.45) is 1.42. The monoisotopic (exact) mass is 474 g/mol. The Morgan fingerprint density at radius 2 is 2.00 bits per heavy atom. The second-order valence-corrected chi connectivity index (χ2v) is 8.81. The van der Waals surface area contributed by atoms with Gasteiger partial charge in [-0.05, 0) is 31.5 Å². The summed E-state index contributed by atoms with van der Waals surface area (Å²) in [7, 11) is 3.16. The van der Waals surface area contributed by atoms with Gasteiger partial charge in [-0.25, -0.2) is 4.39 Å². The van der Waals surface area contributed by atoms with E-state index in [-0.39, 0.29) is 45.7 Å². The van der Waals surface area contributed by atoms with Crippen LogP contribution in [0.3, 0.4) is 0 Å². The molecule has 3 aromatic rings. The maximum atomic E-state index is 13.6. The maximum absolute atomic E-state index is 13.6. The van der Waals surface area contributed by atoms with Crippen LogP contribution >= 0.6 is 11.6 Å². The fourth-order valence-electron chi connectivity index (χ4n) is 4.36. The van der Waals surface area contributed by atoms with Crippen molar-refractivity contribution in [2.75, 3.05) is 27.2 Å². The molecule has 3 heterocycles. The lowest BCUT2D eigenvalue weighted by atomic mass is 10.1. The highest BCUT2D eigenvalue weighted by Gasteiger charge is 2.37. The predicted octanol–water partition coefficient (Wildman–Crippen LogP) is 3.09. The van der Waals surface area contributed by atoms with Crippen molar-refractivity contribution in [3.8, 4) is 5.75 Å². The lowest BCUT2D eigenvalue weighted by Gasteiger charge is -2.32. The Morgan fingerprint density at radius 3 is 2.61 bits per heavy atom. The standard InChI is InChI=1S/C23H24ClFN4O4/c1-5-27-9-12(2)29-18-14(21(31)26(3)4)11-28(10-13-6-7-16(25)15(24)8-13)22(32)17(18)20(30)19(29)23(27)33/h6-8,11-12,30H,5,9-10H2,1-4H3/t12-/m0/s1. The molecule has 1 aliphatic heterocycles. The van der Waals surface area contributed by atoms with Crippen molar-refractivity contribution in [1.82, 2.24) is 18.9 Å². The van der Waals surface area contributed by atoms with E-state index < -0.39 is 23.0 Å². The molecule has 0 spiro atoms. The van der Waals surface area contributed by atoms with Crippen molar-refractivity contribution >= 4 is 34.3 Å². The number of aromatic nitrogens is 2. The molecule has 4 rings (SSSR count). The first kappa shape index (κ1) is 22.8. The van der Waals surface area contributed by atoms with Gasteiger partial charge in [0.15, 0.2) is 11.4 Å². The van der Waals surface area contributed by atoms with Gasteiger partial charge in [0.1, 0.15) is 11.2 Å². The second kappa shape index (κ2) is 8.22. The van der Waals surface area contributed by atoms with Gasteiger partial charge in [-0.3, -0.25) is 14.4 Å². The van der Waals surface area contributed by atoms with Gasteiger partial charge in [0.05, 0.1) is 22.6 Å². The Bertz CT molecular complexity index is 1360. The molecule has 0 saturated carbocycles. The van der Waals surface area contributed by atoms with Crippen molar-refractivity contribution in [3.05, 3.63) is 62.4 Å². The Morgan fingerprint density at radius 1 is 1.30 bits per heavy atom. The fraction of sp³-hybridized carbons (Fsp3) is 0.348. The van der Waals surface area contributed by atoms with Crippen LogP contribution in [0.2, 0.25) is 5.02 Å². The normalized spacial score (nSPS) is 15.8. The highest BCUT2D eigenvalue weighted by atomic mass is 35.5. The summed E-state index contributed by atoms with van der Waals surface area (Å²) in [4.78, 5) is 42.6. The number of carbonyl (C=O) groups excluding carboxylic acids is 2. The number of carbonyl (C=O) groups is 2. The molecule has 1 N–H and O–H groups in total. The molecule has 0 aliphatic carbocycles. The Labute approximate surface area is 194 Å². The third-order valence-electron chi connectivity index (χ3n) is 5.96. The van der Waals surface area contributed by atoms with Crippen molar-refractivity contribution in [3.63, 3.8) is 0 Å². The molecule has 0 radical (unpaired) electrons. The molecule has 174 valence electrons. The summed E-state index contributed by atoms with van der Waals surface area (Å²) in [5.74, 6) is -1.81. The average molecular weight is 475 g/mol. The predicted molar refractivity (Wildman–Crippen MR) is 123 cm³/mol. The summed E-state index contributed by atoms with van der Waals surface area (Å²) in [5, 5.41) is 10.9. The zero-order valence-electron chi connectivity index (χ0n) is 18.7. The highest BCUT2D eigenvalue weighted by Crippen LogP contribution is 2.38. The Balaban J connectivity index is 2.03. The first-order valence-electron chi connectivity index (χ1n) is 10.5. The third kappa shape index (κ3) is 3.56. The molecule has 8 nitrogen and oxygen atoms in total.